The lowest BCUT2D eigenvalue weighted by atomic mass is 10.1. The van der Waals surface area contributed by atoms with Crippen LogP contribution in [0.3, 0.4) is 0 Å². The predicted octanol–water partition coefficient (Wildman–Crippen LogP) is 3.30. The standard InChI is InChI=1S/C18H23F3N4/c1-13(25-9-7-24(2)8-10-25)12-23-16-5-6-22-17-11-14(18(19,20)21)3-4-15(16)17/h3-6,11,13H,7-10,12H2,1-2H3,(H,22,23). The summed E-state index contributed by atoms with van der Waals surface area (Å²) in [4.78, 5) is 8.82. The number of rotatable bonds is 4. The van der Waals surface area contributed by atoms with Crippen molar-refractivity contribution in [1.29, 1.82) is 0 Å². The molecule has 1 aliphatic heterocycles. The van der Waals surface area contributed by atoms with E-state index in [1.54, 1.807) is 6.20 Å². The SMILES string of the molecule is CC(CNc1ccnc2cc(C(F)(F)F)ccc12)N1CCN(C)CC1. The van der Waals surface area contributed by atoms with Gasteiger partial charge in [0.25, 0.3) is 0 Å². The van der Waals surface area contributed by atoms with Gasteiger partial charge in [0.05, 0.1) is 11.1 Å². The number of alkyl halides is 3. The number of fused-ring (bicyclic) bond motifs is 1. The van der Waals surface area contributed by atoms with Crippen LogP contribution in [0.25, 0.3) is 10.9 Å². The summed E-state index contributed by atoms with van der Waals surface area (Å²) < 4.78 is 38.6. The van der Waals surface area contributed by atoms with Crippen LogP contribution in [0.15, 0.2) is 30.5 Å². The number of nitrogens with zero attached hydrogens (tertiary/aromatic N) is 3. The third-order valence-electron chi connectivity index (χ3n) is 4.82. The fourth-order valence-electron chi connectivity index (χ4n) is 3.13. The molecule has 1 saturated heterocycles. The van der Waals surface area contributed by atoms with Crippen LogP contribution in [0, 0.1) is 0 Å². The van der Waals surface area contributed by atoms with Crippen molar-refractivity contribution in [2.24, 2.45) is 0 Å². The number of hydrogen-bond donors (Lipinski definition) is 1. The average molecular weight is 352 g/mol. The van der Waals surface area contributed by atoms with Crippen molar-refractivity contribution in [2.75, 3.05) is 45.1 Å². The highest BCUT2D eigenvalue weighted by Crippen LogP contribution is 2.32. The molecule has 1 unspecified atom stereocenters. The van der Waals surface area contributed by atoms with Gasteiger partial charge in [0.2, 0.25) is 0 Å². The fraction of sp³-hybridized carbons (Fsp3) is 0.500. The van der Waals surface area contributed by atoms with Crippen molar-refractivity contribution >= 4 is 16.6 Å². The number of aromatic nitrogens is 1. The van der Waals surface area contributed by atoms with Crippen molar-refractivity contribution in [1.82, 2.24) is 14.8 Å². The van der Waals surface area contributed by atoms with Gasteiger partial charge < -0.3 is 10.2 Å². The molecule has 4 nitrogen and oxygen atoms in total. The number of halogens is 3. The Hall–Kier alpha value is -1.86. The minimum absolute atomic E-state index is 0.353. The Balaban J connectivity index is 1.71. The van der Waals surface area contributed by atoms with Crippen LogP contribution in [-0.2, 0) is 6.18 Å². The molecule has 1 aromatic heterocycles. The van der Waals surface area contributed by atoms with Crippen molar-refractivity contribution < 1.29 is 13.2 Å². The first-order valence-electron chi connectivity index (χ1n) is 8.47. The highest BCUT2D eigenvalue weighted by atomic mass is 19.4. The van der Waals surface area contributed by atoms with Crippen LogP contribution in [0.1, 0.15) is 12.5 Å². The Kier molecular flexibility index (Phi) is 5.15. The van der Waals surface area contributed by atoms with Gasteiger partial charge in [-0.25, -0.2) is 0 Å². The zero-order chi connectivity index (χ0) is 18.0. The Morgan fingerprint density at radius 3 is 2.56 bits per heavy atom. The van der Waals surface area contributed by atoms with E-state index in [0.29, 0.717) is 16.9 Å². The molecule has 0 amide bonds. The van der Waals surface area contributed by atoms with Gasteiger partial charge in [0, 0.05) is 56.0 Å². The molecule has 1 aromatic carbocycles. The summed E-state index contributed by atoms with van der Waals surface area (Å²) in [6, 6.07) is 5.87. The summed E-state index contributed by atoms with van der Waals surface area (Å²) >= 11 is 0. The summed E-state index contributed by atoms with van der Waals surface area (Å²) in [5.41, 5.74) is 0.502. The molecular formula is C18H23F3N4. The van der Waals surface area contributed by atoms with Crippen LogP contribution < -0.4 is 5.32 Å². The number of piperazine rings is 1. The van der Waals surface area contributed by atoms with E-state index in [1.807, 2.05) is 6.07 Å². The molecule has 1 N–H and O–H groups in total. The molecule has 1 atom stereocenters. The molecule has 0 radical (unpaired) electrons. The highest BCUT2D eigenvalue weighted by molar-refractivity contribution is 5.91. The first kappa shape index (κ1) is 17.9. The van der Waals surface area contributed by atoms with E-state index in [0.717, 1.165) is 50.5 Å². The maximum atomic E-state index is 12.9. The number of benzene rings is 1. The summed E-state index contributed by atoms with van der Waals surface area (Å²) in [5.74, 6) is 0. The van der Waals surface area contributed by atoms with E-state index in [9.17, 15) is 13.2 Å². The van der Waals surface area contributed by atoms with Gasteiger partial charge in [0.1, 0.15) is 0 Å². The number of nitrogens with one attached hydrogen (secondary N) is 1. The highest BCUT2D eigenvalue weighted by Gasteiger charge is 2.30. The van der Waals surface area contributed by atoms with Crippen LogP contribution in [0.5, 0.6) is 0 Å². The molecule has 0 aliphatic carbocycles. The quantitative estimate of drug-likeness (QED) is 0.915. The molecule has 1 aliphatic rings. The van der Waals surface area contributed by atoms with Crippen LogP contribution in [-0.4, -0.2) is 60.6 Å². The average Bonchev–Trinajstić information content (AvgIpc) is 2.59. The second-order valence-corrected chi connectivity index (χ2v) is 6.66. The number of hydrogen-bond acceptors (Lipinski definition) is 4. The van der Waals surface area contributed by atoms with Gasteiger partial charge in [-0.1, -0.05) is 6.07 Å². The molecular weight excluding hydrogens is 329 g/mol. The largest absolute Gasteiger partial charge is 0.416 e. The molecule has 136 valence electrons. The van der Waals surface area contributed by atoms with E-state index in [2.05, 4.69) is 34.1 Å². The normalized spacial score (nSPS) is 18.4. The molecule has 1 fully saturated rings. The Morgan fingerprint density at radius 2 is 1.88 bits per heavy atom. The van der Waals surface area contributed by atoms with Crippen LogP contribution in [0.4, 0.5) is 18.9 Å². The first-order valence-corrected chi connectivity index (χ1v) is 8.47. The van der Waals surface area contributed by atoms with Gasteiger partial charge >= 0.3 is 6.18 Å². The summed E-state index contributed by atoms with van der Waals surface area (Å²) in [6.07, 6.45) is -2.80. The Bertz CT molecular complexity index is 724. The fourth-order valence-corrected chi connectivity index (χ4v) is 3.13. The maximum absolute atomic E-state index is 12.9. The smallest absolute Gasteiger partial charge is 0.383 e. The van der Waals surface area contributed by atoms with Crippen molar-refractivity contribution in [3.8, 4) is 0 Å². The van der Waals surface area contributed by atoms with Gasteiger partial charge in [-0.15, -0.1) is 0 Å². The summed E-state index contributed by atoms with van der Waals surface area (Å²) in [7, 11) is 2.12. The van der Waals surface area contributed by atoms with Crippen molar-refractivity contribution in [3.05, 3.63) is 36.0 Å². The second kappa shape index (κ2) is 7.17. The molecule has 0 saturated carbocycles. The van der Waals surface area contributed by atoms with E-state index in [-0.39, 0.29) is 0 Å². The molecule has 2 heterocycles. The van der Waals surface area contributed by atoms with E-state index in [1.165, 1.54) is 6.07 Å². The zero-order valence-corrected chi connectivity index (χ0v) is 14.5. The number of anilines is 1. The number of pyridine rings is 1. The maximum Gasteiger partial charge on any atom is 0.416 e. The molecule has 0 bridgehead atoms. The third-order valence-corrected chi connectivity index (χ3v) is 4.82. The zero-order valence-electron chi connectivity index (χ0n) is 14.5. The monoisotopic (exact) mass is 352 g/mol. The molecule has 0 spiro atoms. The second-order valence-electron chi connectivity index (χ2n) is 6.66. The minimum atomic E-state index is -4.35. The third kappa shape index (κ3) is 4.22. The van der Waals surface area contributed by atoms with Crippen LogP contribution >= 0.6 is 0 Å². The van der Waals surface area contributed by atoms with Crippen molar-refractivity contribution in [2.45, 2.75) is 19.1 Å². The van der Waals surface area contributed by atoms with Gasteiger partial charge in [-0.3, -0.25) is 9.88 Å². The lowest BCUT2D eigenvalue weighted by molar-refractivity contribution is -0.137. The minimum Gasteiger partial charge on any atom is -0.383 e. The number of likely N-dealkylation sites (N-methyl/N-ethyl adjacent to an activating group) is 1. The predicted molar refractivity (Wildman–Crippen MR) is 93.8 cm³/mol. The summed E-state index contributed by atoms with van der Waals surface area (Å²) in [5, 5.41) is 4.09. The lowest BCUT2D eigenvalue weighted by Gasteiger charge is -2.36. The molecule has 2 aromatic rings. The van der Waals surface area contributed by atoms with E-state index in [4.69, 9.17) is 0 Å². The first-order chi connectivity index (χ1) is 11.8. The summed E-state index contributed by atoms with van der Waals surface area (Å²) in [6.45, 7) is 7.09. The molecule has 7 heteroatoms. The Morgan fingerprint density at radius 1 is 1.16 bits per heavy atom. The molecule has 25 heavy (non-hydrogen) atoms. The van der Waals surface area contributed by atoms with Crippen LogP contribution in [0.2, 0.25) is 0 Å². The van der Waals surface area contributed by atoms with Gasteiger partial charge in [-0.2, -0.15) is 13.2 Å². The van der Waals surface area contributed by atoms with E-state index >= 15 is 0 Å². The van der Waals surface area contributed by atoms with E-state index < -0.39 is 11.7 Å². The Labute approximate surface area is 145 Å². The lowest BCUT2D eigenvalue weighted by Crippen LogP contribution is -2.49. The van der Waals surface area contributed by atoms with Crippen molar-refractivity contribution in [3.63, 3.8) is 0 Å². The topological polar surface area (TPSA) is 31.4 Å². The van der Waals surface area contributed by atoms with Gasteiger partial charge in [-0.05, 0) is 32.2 Å². The van der Waals surface area contributed by atoms with Gasteiger partial charge in [0.15, 0.2) is 0 Å². The molecule has 3 rings (SSSR count).